The molecule has 0 aromatic carbocycles. The topological polar surface area (TPSA) is 89.5 Å². The van der Waals surface area contributed by atoms with E-state index in [0.717, 1.165) is 8.56 Å². The molecule has 0 aliphatic carbocycles. The maximum Gasteiger partial charge on any atom is 0.509 e. The van der Waals surface area contributed by atoms with E-state index in [1.807, 2.05) is 48.5 Å². The van der Waals surface area contributed by atoms with Gasteiger partial charge in [-0.1, -0.05) is 20.8 Å². The van der Waals surface area contributed by atoms with E-state index in [9.17, 15) is 8.42 Å². The second-order valence-corrected chi connectivity index (χ2v) is 15.4. The molecule has 0 N–H and O–H groups in total. The van der Waals surface area contributed by atoms with Gasteiger partial charge >= 0.3 is 7.12 Å². The van der Waals surface area contributed by atoms with Gasteiger partial charge in [0.05, 0.1) is 34.4 Å². The summed E-state index contributed by atoms with van der Waals surface area (Å²) >= 11 is 5.03. The lowest BCUT2D eigenvalue weighted by atomic mass is 9.87. The number of thiophene rings is 1. The molecule has 3 heterocycles. The molecule has 194 valence electrons. The van der Waals surface area contributed by atoms with Crippen LogP contribution in [0.1, 0.15) is 61.8 Å². The Balaban J connectivity index is 1.50. The highest BCUT2D eigenvalue weighted by molar-refractivity contribution is 9.11. The fourth-order valence-electron chi connectivity index (χ4n) is 3.17. The van der Waals surface area contributed by atoms with Gasteiger partial charge in [-0.3, -0.25) is 4.18 Å². The second kappa shape index (κ2) is 10.2. The molecule has 2 aliphatic heterocycles. The van der Waals surface area contributed by atoms with E-state index in [-0.39, 0.29) is 31.3 Å². The monoisotopic (exact) mass is 582 g/mol. The van der Waals surface area contributed by atoms with Crippen molar-refractivity contribution in [3.05, 3.63) is 3.79 Å². The van der Waals surface area contributed by atoms with Gasteiger partial charge in [-0.15, -0.1) is 11.3 Å². The molecule has 34 heavy (non-hydrogen) atoms. The van der Waals surface area contributed by atoms with Gasteiger partial charge in [-0.25, -0.2) is 0 Å². The predicted octanol–water partition coefficient (Wildman–Crippen LogP) is 4.14. The summed E-state index contributed by atoms with van der Waals surface area (Å²) in [4.78, 5) is 0. The van der Waals surface area contributed by atoms with Crippen LogP contribution in [0.2, 0.25) is 0 Å². The highest BCUT2D eigenvalue weighted by Crippen LogP contribution is 2.45. The highest BCUT2D eigenvalue weighted by Gasteiger charge is 2.54. The first kappa shape index (κ1) is 28.2. The summed E-state index contributed by atoms with van der Waals surface area (Å²) in [5.74, 6) is 1.24. The molecule has 2 aliphatic rings. The lowest BCUT2D eigenvalue weighted by Crippen LogP contribution is -2.41. The van der Waals surface area contributed by atoms with Crippen molar-refractivity contribution in [2.75, 3.05) is 26.4 Å². The first-order valence-electron chi connectivity index (χ1n) is 11.5. The van der Waals surface area contributed by atoms with Crippen LogP contribution in [-0.2, 0) is 28.3 Å². The van der Waals surface area contributed by atoms with Crippen molar-refractivity contribution in [2.45, 2.75) is 84.4 Å². The third-order valence-corrected chi connectivity index (χ3v) is 9.57. The number of hydrogen-bond donors (Lipinski definition) is 0. The molecule has 12 heteroatoms. The van der Waals surface area contributed by atoms with E-state index < -0.39 is 33.7 Å². The Morgan fingerprint density at radius 3 is 2.38 bits per heavy atom. The second-order valence-electron chi connectivity index (χ2n) is 11.0. The fourth-order valence-corrected chi connectivity index (χ4v) is 5.97. The van der Waals surface area contributed by atoms with Crippen LogP contribution in [0.3, 0.4) is 0 Å². The number of halogens is 1. The van der Waals surface area contributed by atoms with E-state index in [0.29, 0.717) is 24.5 Å². The molecule has 2 unspecified atom stereocenters. The first-order chi connectivity index (χ1) is 15.5. The fraction of sp³-hybridized carbons (Fsp3) is 0.818. The van der Waals surface area contributed by atoms with E-state index in [4.69, 9.17) is 27.7 Å². The Morgan fingerprint density at radius 2 is 1.79 bits per heavy atom. The zero-order valence-corrected chi connectivity index (χ0v) is 24.4. The Bertz CT molecular complexity index is 954. The van der Waals surface area contributed by atoms with Crippen molar-refractivity contribution in [3.8, 4) is 11.5 Å². The molecule has 2 atom stereocenters. The SMILES string of the molecule is CC(CCOCC1COc2c(B3OC(C)(C)C(C)(C)O3)sc(Br)c2O1)S(=O)(=O)OCC(C)(C)C. The maximum atomic E-state index is 12.3. The van der Waals surface area contributed by atoms with Crippen molar-refractivity contribution in [1.29, 1.82) is 0 Å². The van der Waals surface area contributed by atoms with Gasteiger partial charge in [0.2, 0.25) is 0 Å². The molecule has 3 rings (SSSR count). The van der Waals surface area contributed by atoms with Crippen molar-refractivity contribution in [2.24, 2.45) is 5.41 Å². The maximum absolute atomic E-state index is 12.3. The number of rotatable bonds is 9. The molecule has 0 bridgehead atoms. The molecule has 1 aromatic rings. The lowest BCUT2D eigenvalue weighted by molar-refractivity contribution is 0.00578. The van der Waals surface area contributed by atoms with Gasteiger partial charge < -0.3 is 23.5 Å². The Kier molecular flexibility index (Phi) is 8.45. The van der Waals surface area contributed by atoms with Crippen LogP contribution >= 0.6 is 27.3 Å². The van der Waals surface area contributed by atoms with E-state index >= 15 is 0 Å². The zero-order valence-electron chi connectivity index (χ0n) is 21.2. The van der Waals surface area contributed by atoms with Gasteiger partial charge in [0.15, 0.2) is 17.6 Å². The minimum atomic E-state index is -3.63. The van der Waals surface area contributed by atoms with Crippen LogP contribution in [0.4, 0.5) is 0 Å². The smallest absolute Gasteiger partial charge is 0.485 e. The molecular formula is C22H36BBrO8S2. The number of fused-ring (bicyclic) bond motifs is 1. The summed E-state index contributed by atoms with van der Waals surface area (Å²) in [7, 11) is -4.16. The van der Waals surface area contributed by atoms with Gasteiger partial charge in [0.25, 0.3) is 10.1 Å². The van der Waals surface area contributed by atoms with Crippen LogP contribution < -0.4 is 14.3 Å². The predicted molar refractivity (Wildman–Crippen MR) is 137 cm³/mol. The molecular weight excluding hydrogens is 547 g/mol. The van der Waals surface area contributed by atoms with Crippen molar-refractivity contribution < 1.29 is 36.1 Å². The summed E-state index contributed by atoms with van der Waals surface area (Å²) in [6.07, 6.45) is 0.0214. The van der Waals surface area contributed by atoms with Crippen molar-refractivity contribution >= 4 is 49.3 Å². The lowest BCUT2D eigenvalue weighted by Gasteiger charge is -2.32. The molecule has 0 saturated carbocycles. The molecule has 0 radical (unpaired) electrons. The summed E-state index contributed by atoms with van der Waals surface area (Å²) in [6, 6.07) is 0. The summed E-state index contributed by atoms with van der Waals surface area (Å²) in [5.41, 5.74) is -1.12. The van der Waals surface area contributed by atoms with Crippen LogP contribution in [0, 0.1) is 5.41 Å². The first-order valence-corrected chi connectivity index (χ1v) is 14.5. The van der Waals surface area contributed by atoms with Crippen LogP contribution in [0.5, 0.6) is 11.5 Å². The molecule has 1 aromatic heterocycles. The van der Waals surface area contributed by atoms with Gasteiger partial charge in [-0.05, 0) is 62.4 Å². The normalized spacial score (nSPS) is 22.7. The van der Waals surface area contributed by atoms with Crippen molar-refractivity contribution in [3.63, 3.8) is 0 Å². The van der Waals surface area contributed by atoms with E-state index in [1.165, 1.54) is 11.3 Å². The largest absolute Gasteiger partial charge is 0.509 e. The summed E-state index contributed by atoms with van der Waals surface area (Å²) < 4.78 is 61.6. The number of ether oxygens (including phenoxy) is 3. The zero-order chi connectivity index (χ0) is 25.5. The van der Waals surface area contributed by atoms with Gasteiger partial charge in [-0.2, -0.15) is 8.42 Å². The molecule has 8 nitrogen and oxygen atoms in total. The minimum absolute atomic E-state index is 0.152. The van der Waals surface area contributed by atoms with E-state index in [1.54, 1.807) is 6.92 Å². The van der Waals surface area contributed by atoms with Gasteiger partial charge in [0.1, 0.15) is 10.4 Å². The van der Waals surface area contributed by atoms with Crippen molar-refractivity contribution in [1.82, 2.24) is 0 Å². The van der Waals surface area contributed by atoms with Crippen LogP contribution in [-0.4, -0.2) is 64.5 Å². The van der Waals surface area contributed by atoms with E-state index in [2.05, 4.69) is 15.9 Å². The molecule has 1 saturated heterocycles. The summed E-state index contributed by atoms with van der Waals surface area (Å²) in [5, 5.41) is -0.654. The third-order valence-electron chi connectivity index (χ3n) is 6.09. The standard InChI is InChI=1S/C22H36BBrO8S2/c1-14(34(25,26)29-13-20(2,3)4)9-10-27-11-15-12-28-16-17(30-15)19(24)33-18(16)23-31-21(5,6)22(7,8)32-23/h14-15H,9-13H2,1-8H3. The molecule has 0 spiro atoms. The Morgan fingerprint density at radius 1 is 1.18 bits per heavy atom. The summed E-state index contributed by atoms with van der Waals surface area (Å²) in [6.45, 7) is 16.5. The Labute approximate surface area is 216 Å². The van der Waals surface area contributed by atoms with Crippen LogP contribution in [0.25, 0.3) is 0 Å². The number of hydrogen-bond acceptors (Lipinski definition) is 9. The quantitative estimate of drug-likeness (QED) is 0.244. The Hall–Kier alpha value is -0.365. The average Bonchev–Trinajstić information content (AvgIpc) is 3.15. The minimum Gasteiger partial charge on any atom is -0.485 e. The third kappa shape index (κ3) is 6.49. The molecule has 1 fully saturated rings. The average molecular weight is 583 g/mol. The highest BCUT2D eigenvalue weighted by atomic mass is 79.9. The van der Waals surface area contributed by atoms with Gasteiger partial charge in [0, 0.05) is 6.61 Å². The van der Waals surface area contributed by atoms with Crippen LogP contribution in [0.15, 0.2) is 3.79 Å². The molecule has 0 amide bonds.